The first-order valence-corrected chi connectivity index (χ1v) is 7.40. The van der Waals surface area contributed by atoms with E-state index in [1.165, 1.54) is 37.9 Å². The Bertz CT molecular complexity index is 368. The van der Waals surface area contributed by atoms with Gasteiger partial charge < -0.3 is 5.32 Å². The van der Waals surface area contributed by atoms with Crippen molar-refractivity contribution in [1.82, 2.24) is 10.2 Å². The second kappa shape index (κ2) is 5.41. The summed E-state index contributed by atoms with van der Waals surface area (Å²) in [6.45, 7) is 6.01. The van der Waals surface area contributed by atoms with E-state index in [9.17, 15) is 0 Å². The number of benzene rings is 1. The van der Waals surface area contributed by atoms with E-state index in [1.54, 1.807) is 0 Å². The average Bonchev–Trinajstić information content (AvgIpc) is 2.47. The molecule has 2 heteroatoms. The van der Waals surface area contributed by atoms with Gasteiger partial charge in [0.1, 0.15) is 0 Å². The van der Waals surface area contributed by atoms with Gasteiger partial charge in [0.2, 0.25) is 0 Å². The number of hydrogen-bond acceptors (Lipinski definition) is 2. The highest BCUT2D eigenvalue weighted by molar-refractivity contribution is 5.14. The molecule has 3 aliphatic heterocycles. The minimum atomic E-state index is 0.706. The predicted octanol–water partition coefficient (Wildman–Crippen LogP) is 2.65. The summed E-state index contributed by atoms with van der Waals surface area (Å²) in [6.07, 6.45) is 4.06. The second-order valence-corrected chi connectivity index (χ2v) is 5.74. The molecule has 4 rings (SSSR count). The molecule has 3 saturated heterocycles. The van der Waals surface area contributed by atoms with Crippen LogP contribution in [0.3, 0.4) is 0 Å². The van der Waals surface area contributed by atoms with Crippen LogP contribution in [0.15, 0.2) is 30.3 Å². The highest BCUT2D eigenvalue weighted by atomic mass is 15.2. The van der Waals surface area contributed by atoms with Crippen molar-refractivity contribution in [2.75, 3.05) is 13.1 Å². The third-order valence-electron chi connectivity index (χ3n) is 4.77. The van der Waals surface area contributed by atoms with Gasteiger partial charge in [-0.1, -0.05) is 37.3 Å². The van der Waals surface area contributed by atoms with Gasteiger partial charge in [0.15, 0.2) is 0 Å². The average molecular weight is 244 g/mol. The topological polar surface area (TPSA) is 15.3 Å². The van der Waals surface area contributed by atoms with E-state index < -0.39 is 0 Å². The molecule has 18 heavy (non-hydrogen) atoms. The fraction of sp³-hybridized carbons (Fsp3) is 0.625. The molecule has 3 heterocycles. The lowest BCUT2D eigenvalue weighted by Crippen LogP contribution is -2.62. The van der Waals surface area contributed by atoms with Gasteiger partial charge in [-0.05, 0) is 43.8 Å². The molecule has 0 aliphatic carbocycles. The monoisotopic (exact) mass is 244 g/mol. The Morgan fingerprint density at radius 3 is 2.56 bits per heavy atom. The molecule has 0 spiro atoms. The molecule has 0 saturated carbocycles. The van der Waals surface area contributed by atoms with Gasteiger partial charge in [-0.25, -0.2) is 0 Å². The van der Waals surface area contributed by atoms with Crippen LogP contribution in [0.4, 0.5) is 0 Å². The zero-order valence-electron chi connectivity index (χ0n) is 11.3. The lowest BCUT2D eigenvalue weighted by atomic mass is 9.77. The smallest absolute Gasteiger partial charge is 0.0255 e. The molecule has 3 aliphatic rings. The van der Waals surface area contributed by atoms with E-state index >= 15 is 0 Å². The highest BCUT2D eigenvalue weighted by Crippen LogP contribution is 2.33. The minimum absolute atomic E-state index is 0.706. The first kappa shape index (κ1) is 12.2. The van der Waals surface area contributed by atoms with Crippen molar-refractivity contribution in [2.24, 2.45) is 5.92 Å². The van der Waals surface area contributed by atoms with Crippen molar-refractivity contribution < 1.29 is 0 Å². The van der Waals surface area contributed by atoms with E-state index in [4.69, 9.17) is 0 Å². The first-order valence-electron chi connectivity index (χ1n) is 7.40. The third kappa shape index (κ3) is 2.32. The van der Waals surface area contributed by atoms with Crippen LogP contribution >= 0.6 is 0 Å². The summed E-state index contributed by atoms with van der Waals surface area (Å²) >= 11 is 0. The number of piperidine rings is 3. The Morgan fingerprint density at radius 2 is 1.89 bits per heavy atom. The van der Waals surface area contributed by atoms with E-state index in [0.717, 1.165) is 18.5 Å². The molecule has 2 bridgehead atoms. The molecule has 3 fully saturated rings. The van der Waals surface area contributed by atoms with Crippen molar-refractivity contribution in [2.45, 2.75) is 44.8 Å². The third-order valence-corrected chi connectivity index (χ3v) is 4.77. The van der Waals surface area contributed by atoms with E-state index in [-0.39, 0.29) is 0 Å². The number of nitrogens with one attached hydrogen (secondary N) is 1. The lowest BCUT2D eigenvalue weighted by Gasteiger charge is -2.51. The highest BCUT2D eigenvalue weighted by Gasteiger charge is 2.40. The Hall–Kier alpha value is -0.860. The summed E-state index contributed by atoms with van der Waals surface area (Å²) in [5.41, 5.74) is 1.41. The molecule has 2 nitrogen and oxygen atoms in total. The SMILES string of the molecule is CCC1C(NCc2ccccc2)C2CCN1CC2. The van der Waals surface area contributed by atoms with E-state index in [0.29, 0.717) is 6.04 Å². The lowest BCUT2D eigenvalue weighted by molar-refractivity contribution is 0.0108. The number of nitrogens with zero attached hydrogens (tertiary/aromatic N) is 1. The molecule has 2 unspecified atom stereocenters. The van der Waals surface area contributed by atoms with Gasteiger partial charge in [0.05, 0.1) is 0 Å². The summed E-state index contributed by atoms with van der Waals surface area (Å²) in [7, 11) is 0. The van der Waals surface area contributed by atoms with Crippen molar-refractivity contribution >= 4 is 0 Å². The fourth-order valence-electron chi connectivity index (χ4n) is 3.80. The van der Waals surface area contributed by atoms with Gasteiger partial charge >= 0.3 is 0 Å². The molecule has 0 radical (unpaired) electrons. The largest absolute Gasteiger partial charge is 0.308 e. The zero-order chi connectivity index (χ0) is 12.4. The molecular weight excluding hydrogens is 220 g/mol. The summed E-state index contributed by atoms with van der Waals surface area (Å²) in [5.74, 6) is 0.906. The molecule has 1 aromatic carbocycles. The van der Waals surface area contributed by atoms with Gasteiger partial charge in [-0.15, -0.1) is 0 Å². The Morgan fingerprint density at radius 1 is 1.17 bits per heavy atom. The predicted molar refractivity (Wildman–Crippen MR) is 75.4 cm³/mol. The number of rotatable bonds is 4. The van der Waals surface area contributed by atoms with Crippen LogP contribution in [0.5, 0.6) is 0 Å². The molecule has 2 atom stereocenters. The van der Waals surface area contributed by atoms with Gasteiger partial charge in [0.25, 0.3) is 0 Å². The van der Waals surface area contributed by atoms with Crippen LogP contribution in [-0.4, -0.2) is 30.1 Å². The Labute approximate surface area is 110 Å². The number of hydrogen-bond donors (Lipinski definition) is 1. The van der Waals surface area contributed by atoms with Crippen LogP contribution in [0.2, 0.25) is 0 Å². The van der Waals surface area contributed by atoms with Crippen LogP contribution in [0.25, 0.3) is 0 Å². The van der Waals surface area contributed by atoms with E-state index in [1.807, 2.05) is 0 Å². The molecule has 0 aromatic heterocycles. The van der Waals surface area contributed by atoms with Gasteiger partial charge in [-0.3, -0.25) is 4.90 Å². The quantitative estimate of drug-likeness (QED) is 0.876. The summed E-state index contributed by atoms with van der Waals surface area (Å²) in [5, 5.41) is 3.83. The molecular formula is C16H24N2. The van der Waals surface area contributed by atoms with Crippen LogP contribution in [0, 0.1) is 5.92 Å². The van der Waals surface area contributed by atoms with Gasteiger partial charge in [-0.2, -0.15) is 0 Å². The van der Waals surface area contributed by atoms with Gasteiger partial charge in [0, 0.05) is 18.6 Å². The van der Waals surface area contributed by atoms with Crippen molar-refractivity contribution in [3.05, 3.63) is 35.9 Å². The Kier molecular flexibility index (Phi) is 3.67. The fourth-order valence-corrected chi connectivity index (χ4v) is 3.80. The maximum absolute atomic E-state index is 3.83. The van der Waals surface area contributed by atoms with Crippen LogP contribution in [0.1, 0.15) is 31.7 Å². The summed E-state index contributed by atoms with van der Waals surface area (Å²) < 4.78 is 0. The normalized spacial score (nSPS) is 34.7. The van der Waals surface area contributed by atoms with Crippen LogP contribution in [-0.2, 0) is 6.54 Å². The first-order chi connectivity index (χ1) is 8.88. The molecule has 0 amide bonds. The summed E-state index contributed by atoms with van der Waals surface area (Å²) in [4.78, 5) is 2.70. The van der Waals surface area contributed by atoms with Crippen molar-refractivity contribution in [1.29, 1.82) is 0 Å². The molecule has 1 N–H and O–H groups in total. The number of fused-ring (bicyclic) bond motifs is 3. The molecule has 1 aromatic rings. The minimum Gasteiger partial charge on any atom is -0.308 e. The Balaban J connectivity index is 1.64. The van der Waals surface area contributed by atoms with Crippen LogP contribution < -0.4 is 5.32 Å². The maximum atomic E-state index is 3.83. The zero-order valence-corrected chi connectivity index (χ0v) is 11.3. The van der Waals surface area contributed by atoms with Crippen molar-refractivity contribution in [3.8, 4) is 0 Å². The summed E-state index contributed by atoms with van der Waals surface area (Å²) in [6, 6.07) is 12.3. The van der Waals surface area contributed by atoms with E-state index in [2.05, 4.69) is 47.5 Å². The molecule has 98 valence electrons. The standard InChI is InChI=1S/C16H24N2/c1-2-15-16(14-8-10-18(15)11-9-14)17-12-13-6-4-3-5-7-13/h3-7,14-17H,2,8-12H2,1H3. The second-order valence-electron chi connectivity index (χ2n) is 5.74. The maximum Gasteiger partial charge on any atom is 0.0255 e. The van der Waals surface area contributed by atoms with Crippen molar-refractivity contribution in [3.63, 3.8) is 0 Å².